The Morgan fingerprint density at radius 1 is 1.18 bits per heavy atom. The van der Waals surface area contributed by atoms with E-state index in [1.165, 1.54) is 0 Å². The number of methoxy groups -OCH3 is 1. The minimum Gasteiger partial charge on any atom is -0.497 e. The van der Waals surface area contributed by atoms with Gasteiger partial charge in [-0.05, 0) is 49.8 Å². The lowest BCUT2D eigenvalue weighted by Gasteiger charge is -2.25. The van der Waals surface area contributed by atoms with Gasteiger partial charge in [0.1, 0.15) is 5.75 Å². The van der Waals surface area contributed by atoms with Gasteiger partial charge in [0.05, 0.1) is 12.5 Å². The molecular formula is C18H29NO3. The summed E-state index contributed by atoms with van der Waals surface area (Å²) in [5.41, 5.74) is 0.288. The molecule has 1 rings (SSSR count). The predicted octanol–water partition coefficient (Wildman–Crippen LogP) is 2.89. The minimum absolute atomic E-state index is 0.0134. The molecule has 0 fully saturated rings. The lowest BCUT2D eigenvalue weighted by atomic mass is 9.83. The fraction of sp³-hybridized carbons (Fsp3) is 0.611. The maximum Gasteiger partial charge on any atom is 0.230 e. The Morgan fingerprint density at radius 3 is 2.27 bits per heavy atom. The summed E-state index contributed by atoms with van der Waals surface area (Å²) < 4.78 is 5.14. The van der Waals surface area contributed by atoms with Crippen molar-refractivity contribution in [3.8, 4) is 5.75 Å². The molecule has 4 nitrogen and oxygen atoms in total. The van der Waals surface area contributed by atoms with Crippen LogP contribution in [0.4, 0.5) is 0 Å². The summed E-state index contributed by atoms with van der Waals surface area (Å²) in [5.74, 6) is 0.797. The zero-order chi connectivity index (χ0) is 16.8. The van der Waals surface area contributed by atoms with Crippen LogP contribution in [0.1, 0.15) is 46.1 Å². The number of hydrogen-bond donors (Lipinski definition) is 2. The van der Waals surface area contributed by atoms with E-state index in [-0.39, 0.29) is 17.9 Å². The molecule has 0 aromatic heterocycles. The number of rotatable bonds is 8. The van der Waals surface area contributed by atoms with E-state index in [0.717, 1.165) is 24.2 Å². The number of carbonyl (C=O) groups excluding carboxylic acids is 1. The standard InChI is InChI=1S/C18H29NO3/c1-17(2,13-20)11-6-12-19-16(21)18(3,4)14-7-9-15(22-5)10-8-14/h7-10,20H,6,11-13H2,1-5H3,(H,19,21). The first-order valence-electron chi connectivity index (χ1n) is 7.76. The van der Waals surface area contributed by atoms with E-state index in [4.69, 9.17) is 4.74 Å². The lowest BCUT2D eigenvalue weighted by molar-refractivity contribution is -0.125. The van der Waals surface area contributed by atoms with Crippen LogP contribution in [0.15, 0.2) is 24.3 Å². The SMILES string of the molecule is COc1ccc(C(C)(C)C(=O)NCCCC(C)(C)CO)cc1. The maximum atomic E-state index is 12.4. The Hall–Kier alpha value is -1.55. The van der Waals surface area contributed by atoms with Gasteiger partial charge in [-0.15, -0.1) is 0 Å². The van der Waals surface area contributed by atoms with Crippen LogP contribution in [0.5, 0.6) is 5.75 Å². The number of aliphatic hydroxyl groups excluding tert-OH is 1. The highest BCUT2D eigenvalue weighted by Crippen LogP contribution is 2.26. The smallest absolute Gasteiger partial charge is 0.230 e. The van der Waals surface area contributed by atoms with Gasteiger partial charge in [-0.1, -0.05) is 26.0 Å². The van der Waals surface area contributed by atoms with Crippen LogP contribution in [0.3, 0.4) is 0 Å². The van der Waals surface area contributed by atoms with Crippen molar-refractivity contribution in [3.05, 3.63) is 29.8 Å². The summed E-state index contributed by atoms with van der Waals surface area (Å²) in [6.07, 6.45) is 1.74. The second-order valence-corrected chi connectivity index (χ2v) is 7.04. The molecule has 1 aromatic rings. The Kier molecular flexibility index (Phi) is 6.42. The van der Waals surface area contributed by atoms with E-state index in [1.807, 2.05) is 52.0 Å². The third-order valence-electron chi connectivity index (χ3n) is 4.12. The second-order valence-electron chi connectivity index (χ2n) is 7.04. The van der Waals surface area contributed by atoms with Crippen molar-refractivity contribution in [2.75, 3.05) is 20.3 Å². The largest absolute Gasteiger partial charge is 0.497 e. The van der Waals surface area contributed by atoms with Gasteiger partial charge in [0, 0.05) is 13.2 Å². The highest BCUT2D eigenvalue weighted by atomic mass is 16.5. The third kappa shape index (κ3) is 5.02. The first-order chi connectivity index (χ1) is 10.2. The van der Waals surface area contributed by atoms with Gasteiger partial charge >= 0.3 is 0 Å². The highest BCUT2D eigenvalue weighted by Gasteiger charge is 2.29. The average molecular weight is 307 g/mol. The molecule has 1 amide bonds. The summed E-state index contributed by atoms with van der Waals surface area (Å²) in [6, 6.07) is 7.59. The van der Waals surface area contributed by atoms with Crippen molar-refractivity contribution >= 4 is 5.91 Å². The predicted molar refractivity (Wildman–Crippen MR) is 89.1 cm³/mol. The summed E-state index contributed by atoms with van der Waals surface area (Å²) in [6.45, 7) is 8.68. The maximum absolute atomic E-state index is 12.4. The topological polar surface area (TPSA) is 58.6 Å². The average Bonchev–Trinajstić information content (AvgIpc) is 2.51. The summed E-state index contributed by atoms with van der Waals surface area (Å²) in [7, 11) is 1.63. The molecule has 0 aliphatic heterocycles. The molecule has 2 N–H and O–H groups in total. The fourth-order valence-electron chi connectivity index (χ4n) is 2.21. The molecule has 0 atom stereocenters. The van der Waals surface area contributed by atoms with Crippen molar-refractivity contribution in [2.45, 2.75) is 46.0 Å². The van der Waals surface area contributed by atoms with Crippen molar-refractivity contribution in [1.29, 1.82) is 0 Å². The van der Waals surface area contributed by atoms with Crippen molar-refractivity contribution < 1.29 is 14.6 Å². The number of benzene rings is 1. The van der Waals surface area contributed by atoms with E-state index in [0.29, 0.717) is 6.54 Å². The third-order valence-corrected chi connectivity index (χ3v) is 4.12. The lowest BCUT2D eigenvalue weighted by Crippen LogP contribution is -2.40. The number of nitrogens with one attached hydrogen (secondary N) is 1. The van der Waals surface area contributed by atoms with E-state index in [9.17, 15) is 9.90 Å². The molecule has 0 bridgehead atoms. The number of hydrogen-bond acceptors (Lipinski definition) is 3. The molecule has 0 saturated carbocycles. The van der Waals surface area contributed by atoms with Crippen LogP contribution in [0.25, 0.3) is 0 Å². The van der Waals surface area contributed by atoms with Gasteiger partial charge in [0.15, 0.2) is 0 Å². The Bertz CT molecular complexity index is 478. The van der Waals surface area contributed by atoms with Crippen LogP contribution in [-0.2, 0) is 10.2 Å². The van der Waals surface area contributed by atoms with Crippen LogP contribution < -0.4 is 10.1 Å². The molecule has 0 heterocycles. The molecular weight excluding hydrogens is 278 g/mol. The molecule has 1 aromatic carbocycles. The quantitative estimate of drug-likeness (QED) is 0.726. The fourth-order valence-corrected chi connectivity index (χ4v) is 2.21. The van der Waals surface area contributed by atoms with Crippen molar-refractivity contribution in [1.82, 2.24) is 5.32 Å². The number of carbonyl (C=O) groups is 1. The highest BCUT2D eigenvalue weighted by molar-refractivity contribution is 5.87. The van der Waals surface area contributed by atoms with Crippen LogP contribution in [0.2, 0.25) is 0 Å². The second kappa shape index (κ2) is 7.63. The van der Waals surface area contributed by atoms with Crippen LogP contribution >= 0.6 is 0 Å². The number of aliphatic hydroxyl groups is 1. The van der Waals surface area contributed by atoms with E-state index in [1.54, 1.807) is 7.11 Å². The molecule has 0 saturated heterocycles. The van der Waals surface area contributed by atoms with Gasteiger partial charge in [0.2, 0.25) is 5.91 Å². The molecule has 0 radical (unpaired) electrons. The van der Waals surface area contributed by atoms with Gasteiger partial charge < -0.3 is 15.2 Å². The molecule has 0 spiro atoms. The van der Waals surface area contributed by atoms with Gasteiger partial charge in [0.25, 0.3) is 0 Å². The van der Waals surface area contributed by atoms with E-state index in [2.05, 4.69) is 5.32 Å². The summed E-state index contributed by atoms with van der Waals surface area (Å²) >= 11 is 0. The molecule has 0 aliphatic carbocycles. The Labute approximate surface area is 133 Å². The van der Waals surface area contributed by atoms with Crippen molar-refractivity contribution in [3.63, 3.8) is 0 Å². The molecule has 124 valence electrons. The first kappa shape index (κ1) is 18.5. The zero-order valence-electron chi connectivity index (χ0n) is 14.4. The Morgan fingerprint density at radius 2 is 1.77 bits per heavy atom. The van der Waals surface area contributed by atoms with Crippen LogP contribution in [0, 0.1) is 5.41 Å². The van der Waals surface area contributed by atoms with Gasteiger partial charge in [-0.3, -0.25) is 4.79 Å². The Balaban J connectivity index is 2.55. The van der Waals surface area contributed by atoms with Gasteiger partial charge in [-0.2, -0.15) is 0 Å². The molecule has 22 heavy (non-hydrogen) atoms. The number of amides is 1. The molecule has 0 unspecified atom stereocenters. The molecule has 0 aliphatic rings. The monoisotopic (exact) mass is 307 g/mol. The van der Waals surface area contributed by atoms with Crippen LogP contribution in [-0.4, -0.2) is 31.3 Å². The minimum atomic E-state index is -0.585. The molecule has 4 heteroatoms. The number of ether oxygens (including phenoxy) is 1. The van der Waals surface area contributed by atoms with Gasteiger partial charge in [-0.25, -0.2) is 0 Å². The summed E-state index contributed by atoms with van der Waals surface area (Å²) in [4.78, 5) is 12.4. The summed E-state index contributed by atoms with van der Waals surface area (Å²) in [5, 5.41) is 12.2. The van der Waals surface area contributed by atoms with E-state index >= 15 is 0 Å². The van der Waals surface area contributed by atoms with E-state index < -0.39 is 5.41 Å². The van der Waals surface area contributed by atoms with Crippen molar-refractivity contribution in [2.24, 2.45) is 5.41 Å². The zero-order valence-corrected chi connectivity index (χ0v) is 14.4. The normalized spacial score (nSPS) is 12.1. The first-order valence-corrected chi connectivity index (χ1v) is 7.76.